The third-order valence-electron chi connectivity index (χ3n) is 14.6. The van der Waals surface area contributed by atoms with E-state index in [0.29, 0.717) is 105 Å². The molecule has 2 fully saturated rings. The van der Waals surface area contributed by atoms with E-state index in [2.05, 4.69) is 13.2 Å². The van der Waals surface area contributed by atoms with Crippen molar-refractivity contribution in [2.75, 3.05) is 44.7 Å². The summed E-state index contributed by atoms with van der Waals surface area (Å²) in [5.74, 6) is 1.70. The van der Waals surface area contributed by atoms with Crippen molar-refractivity contribution in [3.63, 3.8) is 0 Å². The summed E-state index contributed by atoms with van der Waals surface area (Å²) in [4.78, 5) is 77.4. The fraction of sp³-hybridized carbons (Fsp3) is 0.394. The zero-order valence-electron chi connectivity index (χ0n) is 47.5. The van der Waals surface area contributed by atoms with Crippen LogP contribution in [0.5, 0.6) is 34.5 Å². The summed E-state index contributed by atoms with van der Waals surface area (Å²) >= 11 is 1.52. The molecule has 0 spiro atoms. The number of unbranched alkanes of at least 4 members (excludes halogenated alkanes) is 6. The van der Waals surface area contributed by atoms with Crippen molar-refractivity contribution >= 4 is 62.5 Å². The summed E-state index contributed by atoms with van der Waals surface area (Å²) in [5.41, 5.74) is 2.17. The summed E-state index contributed by atoms with van der Waals surface area (Å²) in [6.07, 6.45) is 16.8. The number of fused-ring (bicyclic) bond motifs is 1. The molecule has 0 aliphatic heterocycles. The van der Waals surface area contributed by atoms with Gasteiger partial charge in [0.25, 0.3) is 0 Å². The van der Waals surface area contributed by atoms with Crippen molar-refractivity contribution in [3.8, 4) is 34.5 Å². The number of hydrazone groups is 1. The minimum Gasteiger partial charge on any atom is -0.494 e. The predicted octanol–water partition coefficient (Wildman–Crippen LogP) is 14.3. The van der Waals surface area contributed by atoms with E-state index in [0.717, 1.165) is 98.7 Å². The van der Waals surface area contributed by atoms with Gasteiger partial charge in [-0.25, -0.2) is 19.6 Å². The molecule has 0 saturated heterocycles. The maximum atomic E-state index is 13.7. The number of thiazole rings is 1. The predicted molar refractivity (Wildman–Crippen MR) is 321 cm³/mol. The van der Waals surface area contributed by atoms with Gasteiger partial charge in [0, 0.05) is 17.7 Å². The van der Waals surface area contributed by atoms with E-state index >= 15 is 0 Å². The summed E-state index contributed by atoms with van der Waals surface area (Å²) in [6.45, 7) is 9.42. The molecule has 444 valence electrons. The molecule has 2 aliphatic carbocycles. The lowest BCUT2D eigenvalue weighted by atomic mass is 9.82. The molecular formula is C66H75N3O14S. The number of carbonyl (C=O) groups is 4. The highest BCUT2D eigenvalue weighted by molar-refractivity contribution is 7.22. The molecule has 6 aromatic rings. The lowest BCUT2D eigenvalue weighted by Gasteiger charge is -2.27. The van der Waals surface area contributed by atoms with Gasteiger partial charge in [0.05, 0.1) is 73.6 Å². The van der Waals surface area contributed by atoms with Crippen LogP contribution in [0.2, 0.25) is 0 Å². The Bertz CT molecular complexity index is 3010. The van der Waals surface area contributed by atoms with E-state index in [1.54, 1.807) is 65.8 Å². The number of aromatic nitrogens is 1. The standard InChI is InChI=1S/C66H75N3O14S/c1-3-62(70)76-42-16-7-5-14-40-74-54-30-34-56(35-31-54)80-64(72)50-26-24-49(25-27-50)47-79-83-60-39-38-58(44-52(60)45-67-69(53-18-10-9-11-19-53)66-68-59-20-12-13-21-61(59)84-66)81-65(73)51-28-22-48(23-29-51)46-78-82-57-36-32-55(33-37-57)75-41-15-6-8-17-43-77-63(71)4-2/h3-4,9-13,18-21,30-39,44-45,48-51H,1-2,5-8,14-17,22-29,40-43,46-47H2/b67-45+. The van der Waals surface area contributed by atoms with Crippen molar-refractivity contribution in [1.82, 2.24) is 4.98 Å². The number of nitrogens with zero attached hydrogens (tertiary/aromatic N) is 3. The fourth-order valence-corrected chi connectivity index (χ4v) is 10.7. The van der Waals surface area contributed by atoms with Crippen molar-refractivity contribution in [2.24, 2.45) is 28.8 Å². The van der Waals surface area contributed by atoms with Gasteiger partial charge in [-0.05, 0) is 206 Å². The van der Waals surface area contributed by atoms with E-state index < -0.39 is 11.9 Å². The Kier molecular flexibility index (Phi) is 25.0. The van der Waals surface area contributed by atoms with Crippen molar-refractivity contribution in [2.45, 2.75) is 103 Å². The van der Waals surface area contributed by atoms with Crippen LogP contribution in [0, 0.1) is 23.7 Å². The quantitative estimate of drug-likeness (QED) is 0.00705. The lowest BCUT2D eigenvalue weighted by Crippen LogP contribution is -2.27. The summed E-state index contributed by atoms with van der Waals surface area (Å²) < 4.78 is 34.6. The van der Waals surface area contributed by atoms with Crippen LogP contribution in [0.25, 0.3) is 10.2 Å². The Morgan fingerprint density at radius 1 is 0.536 bits per heavy atom. The second-order valence-electron chi connectivity index (χ2n) is 20.8. The second-order valence-corrected chi connectivity index (χ2v) is 21.8. The number of carbonyl (C=O) groups excluding carboxylic acids is 4. The number of esters is 4. The maximum absolute atomic E-state index is 13.7. The molecule has 2 saturated carbocycles. The number of benzene rings is 5. The normalized spacial score (nSPS) is 16.7. The first-order chi connectivity index (χ1) is 41.2. The van der Waals surface area contributed by atoms with E-state index in [1.807, 2.05) is 66.7 Å². The van der Waals surface area contributed by atoms with Crippen molar-refractivity contribution in [3.05, 3.63) is 152 Å². The smallest absolute Gasteiger partial charge is 0.330 e. The van der Waals surface area contributed by atoms with Gasteiger partial charge >= 0.3 is 23.9 Å². The molecular weight excluding hydrogens is 1090 g/mol. The number of rotatable bonds is 34. The number of para-hydroxylation sites is 2. The number of hydrogen-bond donors (Lipinski definition) is 0. The molecule has 5 aromatic carbocycles. The SMILES string of the molecule is C=CC(=O)OCCCCCCOc1ccc(OOCC2CCC(C(=O)Oc3ccc(OOCC4CCC(C(=O)Oc5ccc(OCCCCCCOC(=O)C=C)cc5)CC4)c(/C=N/N(c4ccccc4)c4nc5ccccc5s4)c3)CC2)cc1. The highest BCUT2D eigenvalue weighted by Crippen LogP contribution is 2.36. The Labute approximate surface area is 495 Å². The molecule has 0 bridgehead atoms. The number of hydrogen-bond acceptors (Lipinski definition) is 18. The van der Waals surface area contributed by atoms with Gasteiger partial charge in [0.1, 0.15) is 23.0 Å². The monoisotopic (exact) mass is 1170 g/mol. The zero-order valence-corrected chi connectivity index (χ0v) is 48.3. The molecule has 84 heavy (non-hydrogen) atoms. The number of ether oxygens (including phenoxy) is 6. The van der Waals surface area contributed by atoms with Crippen molar-refractivity contribution < 1.29 is 67.1 Å². The summed E-state index contributed by atoms with van der Waals surface area (Å²) in [6, 6.07) is 37.2. The summed E-state index contributed by atoms with van der Waals surface area (Å²) in [5, 5.41) is 7.39. The van der Waals surface area contributed by atoms with Gasteiger partial charge in [0.15, 0.2) is 11.5 Å². The molecule has 0 amide bonds. The van der Waals surface area contributed by atoms with Crippen LogP contribution in [-0.2, 0) is 38.4 Å². The Balaban J connectivity index is 0.794. The first-order valence-corrected chi connectivity index (χ1v) is 30.0. The van der Waals surface area contributed by atoms with Gasteiger partial charge in [-0.3, -0.25) is 9.59 Å². The van der Waals surface area contributed by atoms with Gasteiger partial charge < -0.3 is 38.2 Å². The van der Waals surface area contributed by atoms with Crippen LogP contribution in [0.4, 0.5) is 10.8 Å². The van der Waals surface area contributed by atoms with Crippen molar-refractivity contribution in [1.29, 1.82) is 0 Å². The first kappa shape index (κ1) is 62.0. The van der Waals surface area contributed by atoms with Crippen LogP contribution in [0.1, 0.15) is 108 Å². The molecule has 0 radical (unpaired) electrons. The first-order valence-electron chi connectivity index (χ1n) is 29.1. The molecule has 1 heterocycles. The van der Waals surface area contributed by atoms with Crippen LogP contribution in [-0.4, -0.2) is 74.7 Å². The molecule has 0 N–H and O–H groups in total. The highest BCUT2D eigenvalue weighted by atomic mass is 32.1. The van der Waals surface area contributed by atoms with E-state index in [4.69, 9.17) is 58.1 Å². The average molecular weight is 1170 g/mol. The van der Waals surface area contributed by atoms with E-state index in [-0.39, 0.29) is 35.6 Å². The van der Waals surface area contributed by atoms with E-state index in [9.17, 15) is 19.2 Å². The third-order valence-corrected chi connectivity index (χ3v) is 15.6. The van der Waals surface area contributed by atoms with Crippen LogP contribution in [0.3, 0.4) is 0 Å². The Morgan fingerprint density at radius 2 is 1.02 bits per heavy atom. The third kappa shape index (κ3) is 20.4. The maximum Gasteiger partial charge on any atom is 0.330 e. The Morgan fingerprint density at radius 3 is 1.58 bits per heavy atom. The van der Waals surface area contributed by atoms with E-state index in [1.165, 1.54) is 23.5 Å². The van der Waals surface area contributed by atoms with Crippen LogP contribution >= 0.6 is 11.3 Å². The molecule has 18 heteroatoms. The molecule has 0 unspecified atom stereocenters. The molecule has 1 aromatic heterocycles. The second kappa shape index (κ2) is 33.9. The topological polar surface area (TPSA) is 189 Å². The lowest BCUT2D eigenvalue weighted by molar-refractivity contribution is -0.218. The number of anilines is 2. The minimum absolute atomic E-state index is 0.153. The highest BCUT2D eigenvalue weighted by Gasteiger charge is 2.30. The molecule has 0 atom stereocenters. The van der Waals surface area contributed by atoms with Crippen LogP contribution < -0.4 is 33.7 Å². The molecule has 2 aliphatic rings. The Hall–Kier alpha value is -8.06. The van der Waals surface area contributed by atoms with Gasteiger partial charge in [-0.2, -0.15) is 14.9 Å². The summed E-state index contributed by atoms with van der Waals surface area (Å²) in [7, 11) is 0. The van der Waals surface area contributed by atoms with Gasteiger partial charge in [0.2, 0.25) is 5.13 Å². The molecule has 17 nitrogen and oxygen atoms in total. The minimum atomic E-state index is -0.402. The van der Waals surface area contributed by atoms with Gasteiger partial charge in [-0.15, -0.1) is 0 Å². The zero-order chi connectivity index (χ0) is 58.6. The average Bonchev–Trinajstić information content (AvgIpc) is 4.19. The fourth-order valence-electron chi connectivity index (χ4n) is 9.71. The largest absolute Gasteiger partial charge is 0.494 e. The van der Waals surface area contributed by atoms with Gasteiger partial charge in [-0.1, -0.05) is 54.8 Å². The molecule has 8 rings (SSSR count). The van der Waals surface area contributed by atoms with Crippen LogP contribution in [0.15, 0.2) is 152 Å².